The second-order valence-electron chi connectivity index (χ2n) is 6.43. The predicted octanol–water partition coefficient (Wildman–Crippen LogP) is 3.95. The van der Waals surface area contributed by atoms with Crippen LogP contribution in [0.1, 0.15) is 5.56 Å². The molecule has 2 heterocycles. The lowest BCUT2D eigenvalue weighted by molar-refractivity contribution is 0.415. The number of ether oxygens (including phenoxy) is 2. The number of aryl methyl sites for hydroxylation is 1. The Kier molecular flexibility index (Phi) is 4.59. The number of thiazole rings is 1. The fourth-order valence-electron chi connectivity index (χ4n) is 3.35. The van der Waals surface area contributed by atoms with Gasteiger partial charge in [0.2, 0.25) is 0 Å². The molecule has 0 amide bonds. The van der Waals surface area contributed by atoms with E-state index in [1.165, 1.54) is 16.0 Å². The fraction of sp³-hybridized carbons (Fsp3) is 0.350. The first-order valence-electron chi connectivity index (χ1n) is 8.77. The van der Waals surface area contributed by atoms with Crippen molar-refractivity contribution in [2.45, 2.75) is 6.92 Å². The highest BCUT2D eigenvalue weighted by molar-refractivity contribution is 7.22. The molecule has 0 saturated carbocycles. The Bertz CT molecular complexity index is 899. The van der Waals surface area contributed by atoms with Gasteiger partial charge in [-0.15, -0.1) is 0 Å². The molecule has 1 fully saturated rings. The summed E-state index contributed by atoms with van der Waals surface area (Å²) >= 11 is 1.76. The molecule has 26 heavy (non-hydrogen) atoms. The summed E-state index contributed by atoms with van der Waals surface area (Å²) in [5, 5.41) is 1.09. The van der Waals surface area contributed by atoms with Crippen molar-refractivity contribution in [1.82, 2.24) is 4.98 Å². The SMILES string of the molecule is COc1ccc(N2CCN(c3nc4c(OC)ccc(C)c4s3)CC2)cc1. The van der Waals surface area contributed by atoms with Gasteiger partial charge in [-0.3, -0.25) is 0 Å². The standard InChI is InChI=1S/C20H23N3O2S/c1-14-4-9-17(25-3)18-19(14)26-20(21-18)23-12-10-22(11-13-23)15-5-7-16(24-2)8-6-15/h4-9H,10-13H2,1-3H3. The molecule has 0 N–H and O–H groups in total. The van der Waals surface area contributed by atoms with E-state index in [4.69, 9.17) is 14.5 Å². The fourth-order valence-corrected chi connectivity index (χ4v) is 4.45. The van der Waals surface area contributed by atoms with Gasteiger partial charge in [-0.25, -0.2) is 4.98 Å². The first-order chi connectivity index (χ1) is 12.7. The number of methoxy groups -OCH3 is 2. The molecule has 0 unspecified atom stereocenters. The summed E-state index contributed by atoms with van der Waals surface area (Å²) in [5.41, 5.74) is 3.47. The van der Waals surface area contributed by atoms with Crippen molar-refractivity contribution in [2.75, 3.05) is 50.2 Å². The average Bonchev–Trinajstić information content (AvgIpc) is 3.15. The zero-order valence-corrected chi connectivity index (χ0v) is 16.2. The Morgan fingerprint density at radius 2 is 1.58 bits per heavy atom. The molecule has 0 radical (unpaired) electrons. The van der Waals surface area contributed by atoms with Crippen LogP contribution in [-0.2, 0) is 0 Å². The minimum Gasteiger partial charge on any atom is -0.497 e. The lowest BCUT2D eigenvalue weighted by atomic mass is 10.2. The summed E-state index contributed by atoms with van der Waals surface area (Å²) in [7, 11) is 3.40. The highest BCUT2D eigenvalue weighted by atomic mass is 32.1. The van der Waals surface area contributed by atoms with Crippen molar-refractivity contribution < 1.29 is 9.47 Å². The van der Waals surface area contributed by atoms with Crippen molar-refractivity contribution >= 4 is 32.4 Å². The van der Waals surface area contributed by atoms with Gasteiger partial charge < -0.3 is 19.3 Å². The summed E-state index contributed by atoms with van der Waals surface area (Å²) < 4.78 is 11.9. The molecule has 1 aliphatic heterocycles. The predicted molar refractivity (Wildman–Crippen MR) is 108 cm³/mol. The number of aromatic nitrogens is 1. The monoisotopic (exact) mass is 369 g/mol. The van der Waals surface area contributed by atoms with Crippen LogP contribution in [-0.4, -0.2) is 45.4 Å². The van der Waals surface area contributed by atoms with Crippen molar-refractivity contribution in [3.8, 4) is 11.5 Å². The lowest BCUT2D eigenvalue weighted by Crippen LogP contribution is -2.46. The highest BCUT2D eigenvalue weighted by Crippen LogP contribution is 2.36. The molecule has 5 nitrogen and oxygen atoms in total. The number of nitrogens with zero attached hydrogens (tertiary/aromatic N) is 3. The third-order valence-corrected chi connectivity index (χ3v) is 6.15. The molecular formula is C20H23N3O2S. The summed E-state index contributed by atoms with van der Waals surface area (Å²) in [6.45, 7) is 6.03. The third kappa shape index (κ3) is 3.05. The van der Waals surface area contributed by atoms with Crippen LogP contribution in [0.2, 0.25) is 0 Å². The maximum atomic E-state index is 5.48. The van der Waals surface area contributed by atoms with Crippen LogP contribution in [0.25, 0.3) is 10.2 Å². The summed E-state index contributed by atoms with van der Waals surface area (Å²) in [5.74, 6) is 1.75. The van der Waals surface area contributed by atoms with Crippen LogP contribution in [0.3, 0.4) is 0 Å². The Hall–Kier alpha value is -2.47. The van der Waals surface area contributed by atoms with E-state index in [9.17, 15) is 0 Å². The molecule has 1 aliphatic rings. The summed E-state index contributed by atoms with van der Waals surface area (Å²) in [6.07, 6.45) is 0. The minimum absolute atomic E-state index is 0.852. The average molecular weight is 369 g/mol. The molecule has 0 spiro atoms. The highest BCUT2D eigenvalue weighted by Gasteiger charge is 2.21. The molecule has 1 saturated heterocycles. The van der Waals surface area contributed by atoms with Crippen molar-refractivity contribution in [2.24, 2.45) is 0 Å². The molecule has 2 aromatic carbocycles. The van der Waals surface area contributed by atoms with Gasteiger partial charge in [-0.2, -0.15) is 0 Å². The number of anilines is 2. The van der Waals surface area contributed by atoms with E-state index in [1.54, 1.807) is 25.6 Å². The number of hydrogen-bond acceptors (Lipinski definition) is 6. The Balaban J connectivity index is 1.51. The smallest absolute Gasteiger partial charge is 0.186 e. The zero-order valence-electron chi connectivity index (χ0n) is 15.4. The molecule has 0 aliphatic carbocycles. The van der Waals surface area contributed by atoms with Crippen LogP contribution >= 0.6 is 11.3 Å². The summed E-state index contributed by atoms with van der Waals surface area (Å²) in [6, 6.07) is 12.4. The Labute approximate surface area is 157 Å². The summed E-state index contributed by atoms with van der Waals surface area (Å²) in [4.78, 5) is 9.66. The zero-order chi connectivity index (χ0) is 18.1. The van der Waals surface area contributed by atoms with E-state index in [2.05, 4.69) is 34.9 Å². The first-order valence-corrected chi connectivity index (χ1v) is 9.59. The van der Waals surface area contributed by atoms with Gasteiger partial charge in [-0.05, 0) is 42.8 Å². The molecule has 136 valence electrons. The van der Waals surface area contributed by atoms with Crippen LogP contribution < -0.4 is 19.3 Å². The van der Waals surface area contributed by atoms with Gasteiger partial charge in [0, 0.05) is 31.9 Å². The van der Waals surface area contributed by atoms with Gasteiger partial charge in [-0.1, -0.05) is 17.4 Å². The lowest BCUT2D eigenvalue weighted by Gasteiger charge is -2.36. The minimum atomic E-state index is 0.852. The largest absolute Gasteiger partial charge is 0.497 e. The van der Waals surface area contributed by atoms with Crippen LogP contribution in [0, 0.1) is 6.92 Å². The second kappa shape index (κ2) is 7.03. The van der Waals surface area contributed by atoms with Gasteiger partial charge in [0.05, 0.1) is 18.9 Å². The number of benzene rings is 2. The van der Waals surface area contributed by atoms with Gasteiger partial charge in [0.15, 0.2) is 5.13 Å². The quantitative estimate of drug-likeness (QED) is 0.696. The molecule has 0 atom stereocenters. The van der Waals surface area contributed by atoms with E-state index in [1.807, 2.05) is 18.2 Å². The molecule has 3 aromatic rings. The maximum absolute atomic E-state index is 5.48. The Morgan fingerprint density at radius 3 is 2.23 bits per heavy atom. The number of rotatable bonds is 4. The van der Waals surface area contributed by atoms with Crippen LogP contribution in [0.15, 0.2) is 36.4 Å². The molecule has 0 bridgehead atoms. The molecular weight excluding hydrogens is 346 g/mol. The first kappa shape index (κ1) is 17.0. The molecule has 4 rings (SSSR count). The van der Waals surface area contributed by atoms with E-state index in [0.29, 0.717) is 0 Å². The van der Waals surface area contributed by atoms with E-state index >= 15 is 0 Å². The van der Waals surface area contributed by atoms with E-state index in [-0.39, 0.29) is 0 Å². The van der Waals surface area contributed by atoms with Gasteiger partial charge >= 0.3 is 0 Å². The van der Waals surface area contributed by atoms with Crippen molar-refractivity contribution in [3.05, 3.63) is 42.0 Å². The van der Waals surface area contributed by atoms with Crippen molar-refractivity contribution in [3.63, 3.8) is 0 Å². The van der Waals surface area contributed by atoms with Gasteiger partial charge in [0.1, 0.15) is 17.0 Å². The molecule has 6 heteroatoms. The topological polar surface area (TPSA) is 37.8 Å². The van der Waals surface area contributed by atoms with Gasteiger partial charge in [0.25, 0.3) is 0 Å². The third-order valence-electron chi connectivity index (χ3n) is 4.90. The van der Waals surface area contributed by atoms with Crippen molar-refractivity contribution in [1.29, 1.82) is 0 Å². The van der Waals surface area contributed by atoms with E-state index in [0.717, 1.165) is 48.3 Å². The maximum Gasteiger partial charge on any atom is 0.186 e. The Morgan fingerprint density at radius 1 is 0.885 bits per heavy atom. The number of piperazine rings is 1. The van der Waals surface area contributed by atoms with Crippen LogP contribution in [0.4, 0.5) is 10.8 Å². The second-order valence-corrected chi connectivity index (χ2v) is 7.41. The normalized spacial score (nSPS) is 14.7. The molecule has 1 aromatic heterocycles. The van der Waals surface area contributed by atoms with Crippen LogP contribution in [0.5, 0.6) is 11.5 Å². The van der Waals surface area contributed by atoms with E-state index < -0.39 is 0 Å². The number of fused-ring (bicyclic) bond motifs is 1. The number of hydrogen-bond donors (Lipinski definition) is 0.